The maximum absolute atomic E-state index is 4.43. The SMILES string of the molecule is CNc1cc(NCC2(C)CC2)nc(SC)n1. The van der Waals surface area contributed by atoms with Crippen LogP contribution in [0.25, 0.3) is 0 Å². The molecule has 0 aromatic carbocycles. The van der Waals surface area contributed by atoms with Crippen LogP contribution < -0.4 is 10.6 Å². The number of nitrogens with zero attached hydrogens (tertiary/aromatic N) is 2. The lowest BCUT2D eigenvalue weighted by molar-refractivity contribution is 0.608. The van der Waals surface area contributed by atoms with E-state index in [-0.39, 0.29) is 0 Å². The first-order valence-corrected chi connectivity index (χ1v) is 6.72. The third kappa shape index (κ3) is 2.78. The summed E-state index contributed by atoms with van der Waals surface area (Å²) >= 11 is 1.56. The van der Waals surface area contributed by atoms with Crippen LogP contribution in [0.1, 0.15) is 19.8 Å². The fourth-order valence-corrected chi connectivity index (χ4v) is 1.81. The molecule has 0 saturated heterocycles. The monoisotopic (exact) mass is 238 g/mol. The molecule has 0 unspecified atom stereocenters. The van der Waals surface area contributed by atoms with Crippen molar-refractivity contribution in [3.8, 4) is 0 Å². The first-order chi connectivity index (χ1) is 7.65. The van der Waals surface area contributed by atoms with Crippen LogP contribution in [0.2, 0.25) is 0 Å². The molecule has 0 amide bonds. The van der Waals surface area contributed by atoms with Gasteiger partial charge in [-0.05, 0) is 24.5 Å². The standard InChI is InChI=1S/C11H18N4S/c1-11(4-5-11)7-13-9-6-8(12-2)14-10(15-9)16-3/h6H,4-5,7H2,1-3H3,(H2,12,13,14,15). The highest BCUT2D eigenvalue weighted by Gasteiger charge is 2.36. The molecule has 2 rings (SSSR count). The van der Waals surface area contributed by atoms with Gasteiger partial charge in [-0.2, -0.15) is 0 Å². The Morgan fingerprint density at radius 2 is 2.06 bits per heavy atom. The summed E-state index contributed by atoms with van der Waals surface area (Å²) in [5.74, 6) is 1.78. The van der Waals surface area contributed by atoms with Gasteiger partial charge in [0.15, 0.2) is 5.16 Å². The van der Waals surface area contributed by atoms with E-state index in [1.807, 2.05) is 19.4 Å². The number of rotatable bonds is 5. The highest BCUT2D eigenvalue weighted by molar-refractivity contribution is 7.98. The maximum atomic E-state index is 4.43. The van der Waals surface area contributed by atoms with Crippen molar-refractivity contribution in [2.24, 2.45) is 5.41 Å². The third-order valence-corrected chi connectivity index (χ3v) is 3.49. The largest absolute Gasteiger partial charge is 0.373 e. The summed E-state index contributed by atoms with van der Waals surface area (Å²) in [6.07, 6.45) is 4.62. The van der Waals surface area contributed by atoms with Crippen molar-refractivity contribution in [1.29, 1.82) is 0 Å². The lowest BCUT2D eigenvalue weighted by Gasteiger charge is -2.12. The molecule has 2 N–H and O–H groups in total. The highest BCUT2D eigenvalue weighted by Crippen LogP contribution is 2.44. The molecule has 1 fully saturated rings. The molecular formula is C11H18N4S. The minimum Gasteiger partial charge on any atom is -0.373 e. The molecular weight excluding hydrogens is 220 g/mol. The molecule has 16 heavy (non-hydrogen) atoms. The van der Waals surface area contributed by atoms with E-state index < -0.39 is 0 Å². The van der Waals surface area contributed by atoms with Gasteiger partial charge in [-0.25, -0.2) is 9.97 Å². The van der Waals surface area contributed by atoms with Crippen LogP contribution in [0.3, 0.4) is 0 Å². The van der Waals surface area contributed by atoms with Crippen LogP contribution in [0.4, 0.5) is 11.6 Å². The van der Waals surface area contributed by atoms with E-state index in [0.717, 1.165) is 23.3 Å². The summed E-state index contributed by atoms with van der Waals surface area (Å²) in [7, 11) is 1.87. The summed E-state index contributed by atoms with van der Waals surface area (Å²) in [6.45, 7) is 3.30. The minimum atomic E-state index is 0.490. The van der Waals surface area contributed by atoms with Crippen LogP contribution in [-0.2, 0) is 0 Å². The molecule has 5 heteroatoms. The van der Waals surface area contributed by atoms with E-state index in [9.17, 15) is 0 Å². The maximum Gasteiger partial charge on any atom is 0.191 e. The molecule has 1 aliphatic rings. The van der Waals surface area contributed by atoms with Gasteiger partial charge in [0.05, 0.1) is 0 Å². The molecule has 1 aromatic rings. The van der Waals surface area contributed by atoms with Crippen molar-refractivity contribution >= 4 is 23.4 Å². The summed E-state index contributed by atoms with van der Waals surface area (Å²) in [4.78, 5) is 8.76. The smallest absolute Gasteiger partial charge is 0.191 e. The predicted molar refractivity (Wildman–Crippen MR) is 69.2 cm³/mol. The minimum absolute atomic E-state index is 0.490. The fraction of sp³-hybridized carbons (Fsp3) is 0.636. The summed E-state index contributed by atoms with van der Waals surface area (Å²) < 4.78 is 0. The quantitative estimate of drug-likeness (QED) is 0.609. The number of hydrogen-bond acceptors (Lipinski definition) is 5. The van der Waals surface area contributed by atoms with Crippen LogP contribution in [-0.4, -0.2) is 29.8 Å². The van der Waals surface area contributed by atoms with Crippen molar-refractivity contribution in [2.75, 3.05) is 30.5 Å². The number of thioether (sulfide) groups is 1. The van der Waals surface area contributed by atoms with E-state index >= 15 is 0 Å². The van der Waals surface area contributed by atoms with E-state index in [0.29, 0.717) is 5.41 Å². The first-order valence-electron chi connectivity index (χ1n) is 5.50. The lowest BCUT2D eigenvalue weighted by Crippen LogP contribution is -2.13. The van der Waals surface area contributed by atoms with Crippen LogP contribution in [0, 0.1) is 5.41 Å². The summed E-state index contributed by atoms with van der Waals surface area (Å²) in [5, 5.41) is 7.24. The molecule has 0 atom stereocenters. The Balaban J connectivity index is 2.06. The predicted octanol–water partition coefficient (Wildman–Crippen LogP) is 2.45. The number of hydrogen-bond donors (Lipinski definition) is 2. The summed E-state index contributed by atoms with van der Waals surface area (Å²) in [5.41, 5.74) is 0.490. The molecule has 1 saturated carbocycles. The van der Waals surface area contributed by atoms with Gasteiger partial charge in [-0.1, -0.05) is 18.7 Å². The van der Waals surface area contributed by atoms with E-state index in [4.69, 9.17) is 0 Å². The van der Waals surface area contributed by atoms with Crippen LogP contribution >= 0.6 is 11.8 Å². The molecule has 1 heterocycles. The van der Waals surface area contributed by atoms with Gasteiger partial charge in [-0.15, -0.1) is 0 Å². The zero-order valence-electron chi connectivity index (χ0n) is 10.0. The lowest BCUT2D eigenvalue weighted by atomic mass is 10.1. The Morgan fingerprint density at radius 1 is 1.38 bits per heavy atom. The van der Waals surface area contributed by atoms with Crippen molar-refractivity contribution in [3.05, 3.63) is 6.07 Å². The Labute approximate surface area is 101 Å². The molecule has 88 valence electrons. The molecule has 4 nitrogen and oxygen atoms in total. The third-order valence-electron chi connectivity index (χ3n) is 2.94. The first kappa shape index (κ1) is 11.5. The molecule has 1 aromatic heterocycles. The van der Waals surface area contributed by atoms with Gasteiger partial charge in [0.2, 0.25) is 0 Å². The zero-order valence-corrected chi connectivity index (χ0v) is 10.8. The van der Waals surface area contributed by atoms with Gasteiger partial charge in [0.1, 0.15) is 11.6 Å². The second kappa shape index (κ2) is 4.49. The summed E-state index contributed by atoms with van der Waals surface area (Å²) in [6, 6.07) is 1.95. The Kier molecular flexibility index (Phi) is 3.23. The topological polar surface area (TPSA) is 49.8 Å². The van der Waals surface area contributed by atoms with Gasteiger partial charge in [-0.3, -0.25) is 0 Å². The van der Waals surface area contributed by atoms with Crippen molar-refractivity contribution in [1.82, 2.24) is 9.97 Å². The van der Waals surface area contributed by atoms with Gasteiger partial charge in [0, 0.05) is 19.7 Å². The van der Waals surface area contributed by atoms with Crippen molar-refractivity contribution in [3.63, 3.8) is 0 Å². The molecule has 1 aliphatic carbocycles. The van der Waals surface area contributed by atoms with E-state index in [1.54, 1.807) is 11.8 Å². The highest BCUT2D eigenvalue weighted by atomic mass is 32.2. The molecule has 0 radical (unpaired) electrons. The van der Waals surface area contributed by atoms with Crippen LogP contribution in [0.5, 0.6) is 0 Å². The molecule has 0 spiro atoms. The molecule has 0 aliphatic heterocycles. The van der Waals surface area contributed by atoms with Crippen LogP contribution in [0.15, 0.2) is 11.2 Å². The van der Waals surface area contributed by atoms with Gasteiger partial charge >= 0.3 is 0 Å². The number of anilines is 2. The second-order valence-corrected chi connectivity index (χ2v) is 5.31. The van der Waals surface area contributed by atoms with Gasteiger partial charge in [0.25, 0.3) is 0 Å². The Bertz CT molecular complexity index is 354. The number of nitrogens with one attached hydrogen (secondary N) is 2. The van der Waals surface area contributed by atoms with E-state index in [1.165, 1.54) is 12.8 Å². The average molecular weight is 238 g/mol. The Morgan fingerprint density at radius 3 is 2.62 bits per heavy atom. The second-order valence-electron chi connectivity index (χ2n) is 4.54. The van der Waals surface area contributed by atoms with E-state index in [2.05, 4.69) is 27.5 Å². The normalized spacial score (nSPS) is 16.9. The van der Waals surface area contributed by atoms with Crippen molar-refractivity contribution in [2.45, 2.75) is 24.9 Å². The van der Waals surface area contributed by atoms with Gasteiger partial charge < -0.3 is 10.6 Å². The average Bonchev–Trinajstić information content (AvgIpc) is 3.05. The fourth-order valence-electron chi connectivity index (χ4n) is 1.43. The Hall–Kier alpha value is -0.970. The number of aromatic nitrogens is 2. The zero-order chi connectivity index (χ0) is 11.6. The van der Waals surface area contributed by atoms with Crippen molar-refractivity contribution < 1.29 is 0 Å². The molecule has 0 bridgehead atoms.